The number of benzene rings is 1. The first-order valence-electron chi connectivity index (χ1n) is 10.0. The Morgan fingerprint density at radius 1 is 1.00 bits per heavy atom. The molecule has 31 heavy (non-hydrogen) atoms. The molecule has 0 N–H and O–H groups in total. The van der Waals surface area contributed by atoms with Crippen molar-refractivity contribution in [3.8, 4) is 23.1 Å². The number of furan rings is 1. The van der Waals surface area contributed by atoms with Gasteiger partial charge in [-0.3, -0.25) is 9.59 Å². The van der Waals surface area contributed by atoms with E-state index >= 15 is 0 Å². The summed E-state index contributed by atoms with van der Waals surface area (Å²) in [4.78, 5) is 33.1. The first kappa shape index (κ1) is 19.2. The maximum absolute atomic E-state index is 12.8. The van der Waals surface area contributed by atoms with Gasteiger partial charge in [0.25, 0.3) is 5.91 Å². The molecular weight excluding hydrogens is 404 g/mol. The summed E-state index contributed by atoms with van der Waals surface area (Å²) < 4.78 is 21.0. The predicted molar refractivity (Wildman–Crippen MR) is 105 cm³/mol. The van der Waals surface area contributed by atoms with Crippen LogP contribution in [-0.2, 0) is 11.2 Å². The molecule has 0 radical (unpaired) electrons. The van der Waals surface area contributed by atoms with Gasteiger partial charge < -0.3 is 28.2 Å². The molecule has 0 aliphatic carbocycles. The number of nitrogens with zero attached hydrogens (tertiary/aromatic N) is 4. The van der Waals surface area contributed by atoms with Crippen molar-refractivity contribution in [2.75, 3.05) is 33.0 Å². The third-order valence-electron chi connectivity index (χ3n) is 5.30. The highest BCUT2D eigenvalue weighted by molar-refractivity contribution is 5.95. The van der Waals surface area contributed by atoms with E-state index in [2.05, 4.69) is 10.1 Å². The standard InChI is InChI=1S/C21H20N4O6/c26-19(6-5-18-22-20(23-31-18)16-2-1-11-28-16)24-7-9-25(10-8-24)21(27)14-3-4-15-17(12-14)30-13-29-15/h1-4,11-12H,5-10,13H2. The number of amides is 2. The van der Waals surface area contributed by atoms with Crippen molar-refractivity contribution in [3.63, 3.8) is 0 Å². The third kappa shape index (κ3) is 3.96. The van der Waals surface area contributed by atoms with Gasteiger partial charge in [0.2, 0.25) is 24.4 Å². The Hall–Kier alpha value is -3.82. The number of fused-ring (bicyclic) bond motifs is 1. The largest absolute Gasteiger partial charge is 0.461 e. The minimum Gasteiger partial charge on any atom is -0.461 e. The smallest absolute Gasteiger partial charge is 0.254 e. The van der Waals surface area contributed by atoms with Crippen LogP contribution in [0, 0.1) is 0 Å². The molecule has 4 heterocycles. The van der Waals surface area contributed by atoms with Gasteiger partial charge in [-0.25, -0.2) is 0 Å². The molecule has 0 saturated carbocycles. The summed E-state index contributed by atoms with van der Waals surface area (Å²) in [7, 11) is 0. The Morgan fingerprint density at radius 2 is 1.81 bits per heavy atom. The Kier molecular flexibility index (Phi) is 5.03. The van der Waals surface area contributed by atoms with Crippen LogP contribution in [0.15, 0.2) is 45.5 Å². The normalized spacial score (nSPS) is 15.4. The molecule has 0 unspecified atom stereocenters. The fourth-order valence-electron chi connectivity index (χ4n) is 3.61. The van der Waals surface area contributed by atoms with Crippen molar-refractivity contribution in [1.82, 2.24) is 19.9 Å². The maximum atomic E-state index is 12.8. The molecular formula is C21H20N4O6. The van der Waals surface area contributed by atoms with Crippen molar-refractivity contribution < 1.29 is 28.0 Å². The lowest BCUT2D eigenvalue weighted by Gasteiger charge is -2.34. The molecule has 1 aromatic carbocycles. The highest BCUT2D eigenvalue weighted by atomic mass is 16.7. The molecule has 0 bridgehead atoms. The molecule has 10 heteroatoms. The van der Waals surface area contributed by atoms with E-state index in [4.69, 9.17) is 18.4 Å². The van der Waals surface area contributed by atoms with Crippen LogP contribution in [0.4, 0.5) is 0 Å². The molecule has 0 atom stereocenters. The second kappa shape index (κ2) is 8.13. The lowest BCUT2D eigenvalue weighted by atomic mass is 10.1. The summed E-state index contributed by atoms with van der Waals surface area (Å²) in [5.41, 5.74) is 0.549. The zero-order valence-electron chi connectivity index (χ0n) is 16.7. The fraction of sp³-hybridized carbons (Fsp3) is 0.333. The Morgan fingerprint density at radius 3 is 2.61 bits per heavy atom. The number of ether oxygens (including phenoxy) is 2. The second-order valence-electron chi connectivity index (χ2n) is 7.23. The number of hydrogen-bond donors (Lipinski definition) is 0. The predicted octanol–water partition coefficient (Wildman–Crippen LogP) is 1.98. The Bertz CT molecular complexity index is 1090. The van der Waals surface area contributed by atoms with E-state index in [1.165, 1.54) is 6.26 Å². The number of aryl methyl sites for hydroxylation is 1. The van der Waals surface area contributed by atoms with Crippen LogP contribution in [0.2, 0.25) is 0 Å². The van der Waals surface area contributed by atoms with Gasteiger partial charge in [-0.2, -0.15) is 4.98 Å². The first-order chi connectivity index (χ1) is 15.2. The number of rotatable bonds is 5. The van der Waals surface area contributed by atoms with Crippen molar-refractivity contribution in [2.45, 2.75) is 12.8 Å². The average Bonchev–Trinajstić information content (AvgIpc) is 3.57. The number of piperazine rings is 1. The van der Waals surface area contributed by atoms with Crippen molar-refractivity contribution in [3.05, 3.63) is 48.0 Å². The molecule has 10 nitrogen and oxygen atoms in total. The zero-order valence-corrected chi connectivity index (χ0v) is 16.7. The second-order valence-corrected chi connectivity index (χ2v) is 7.23. The summed E-state index contributed by atoms with van der Waals surface area (Å²) in [6.45, 7) is 2.08. The summed E-state index contributed by atoms with van der Waals surface area (Å²) >= 11 is 0. The van der Waals surface area contributed by atoms with Gasteiger partial charge in [0.15, 0.2) is 17.3 Å². The van der Waals surface area contributed by atoms with Gasteiger partial charge >= 0.3 is 0 Å². The molecule has 2 aliphatic heterocycles. The van der Waals surface area contributed by atoms with Crippen LogP contribution in [0.1, 0.15) is 22.7 Å². The molecule has 160 valence electrons. The Balaban J connectivity index is 1.12. The molecule has 5 rings (SSSR count). The van der Waals surface area contributed by atoms with E-state index in [9.17, 15) is 9.59 Å². The van der Waals surface area contributed by atoms with E-state index in [1.54, 1.807) is 40.1 Å². The van der Waals surface area contributed by atoms with Gasteiger partial charge in [0, 0.05) is 44.6 Å². The van der Waals surface area contributed by atoms with E-state index in [0.717, 1.165) is 0 Å². The first-order valence-corrected chi connectivity index (χ1v) is 10.0. The van der Waals surface area contributed by atoms with Gasteiger partial charge in [-0.1, -0.05) is 5.16 Å². The van der Waals surface area contributed by atoms with Gasteiger partial charge in [0.05, 0.1) is 6.26 Å². The third-order valence-corrected chi connectivity index (χ3v) is 5.30. The van der Waals surface area contributed by atoms with Crippen LogP contribution in [0.3, 0.4) is 0 Å². The van der Waals surface area contributed by atoms with Crippen LogP contribution < -0.4 is 9.47 Å². The molecule has 3 aromatic rings. The highest BCUT2D eigenvalue weighted by Crippen LogP contribution is 2.32. The van der Waals surface area contributed by atoms with Crippen molar-refractivity contribution in [1.29, 1.82) is 0 Å². The summed E-state index contributed by atoms with van der Waals surface area (Å²) in [5.74, 6) is 2.40. The molecule has 2 aromatic heterocycles. The van der Waals surface area contributed by atoms with E-state index < -0.39 is 0 Å². The van der Waals surface area contributed by atoms with Crippen molar-refractivity contribution >= 4 is 11.8 Å². The minimum absolute atomic E-state index is 0.00655. The maximum Gasteiger partial charge on any atom is 0.254 e. The highest BCUT2D eigenvalue weighted by Gasteiger charge is 2.26. The number of carbonyl (C=O) groups excluding carboxylic acids is 2. The van der Waals surface area contributed by atoms with Crippen LogP contribution in [0.5, 0.6) is 11.5 Å². The van der Waals surface area contributed by atoms with Gasteiger partial charge in [-0.05, 0) is 30.3 Å². The van der Waals surface area contributed by atoms with Crippen LogP contribution in [-0.4, -0.2) is 64.7 Å². The summed E-state index contributed by atoms with van der Waals surface area (Å²) in [6.07, 6.45) is 2.14. The summed E-state index contributed by atoms with van der Waals surface area (Å²) in [6, 6.07) is 8.65. The van der Waals surface area contributed by atoms with Gasteiger partial charge in [-0.15, -0.1) is 0 Å². The molecule has 1 fully saturated rings. The number of aromatic nitrogens is 2. The van der Waals surface area contributed by atoms with E-state index in [1.807, 2.05) is 0 Å². The van der Waals surface area contributed by atoms with Crippen LogP contribution >= 0.6 is 0 Å². The molecule has 2 amide bonds. The van der Waals surface area contributed by atoms with Crippen molar-refractivity contribution in [2.24, 2.45) is 0 Å². The minimum atomic E-state index is -0.0817. The van der Waals surface area contributed by atoms with E-state index in [0.29, 0.717) is 67.1 Å². The lowest BCUT2D eigenvalue weighted by Crippen LogP contribution is -2.50. The topological polar surface area (TPSA) is 111 Å². The summed E-state index contributed by atoms with van der Waals surface area (Å²) in [5, 5.41) is 3.86. The number of carbonyl (C=O) groups is 2. The quantitative estimate of drug-likeness (QED) is 0.611. The lowest BCUT2D eigenvalue weighted by molar-refractivity contribution is -0.132. The SMILES string of the molecule is O=C(CCc1nc(-c2ccco2)no1)N1CCN(C(=O)c2ccc3c(c2)OCO3)CC1. The van der Waals surface area contributed by atoms with E-state index in [-0.39, 0.29) is 25.0 Å². The molecule has 0 spiro atoms. The van der Waals surface area contributed by atoms with Crippen LogP contribution in [0.25, 0.3) is 11.6 Å². The van der Waals surface area contributed by atoms with Gasteiger partial charge in [0.1, 0.15) is 0 Å². The fourth-order valence-corrected chi connectivity index (χ4v) is 3.61. The molecule has 2 aliphatic rings. The molecule has 1 saturated heterocycles. The zero-order chi connectivity index (χ0) is 21.2. The number of hydrogen-bond acceptors (Lipinski definition) is 8. The Labute approximate surface area is 177 Å². The monoisotopic (exact) mass is 424 g/mol. The average molecular weight is 424 g/mol.